The number of amides is 1. The lowest BCUT2D eigenvalue weighted by Crippen LogP contribution is -2.19. The van der Waals surface area contributed by atoms with E-state index in [9.17, 15) is 9.59 Å². The van der Waals surface area contributed by atoms with Crippen molar-refractivity contribution in [1.82, 2.24) is 10.4 Å². The molecule has 0 aliphatic rings. The van der Waals surface area contributed by atoms with E-state index in [4.69, 9.17) is 16.3 Å². The van der Waals surface area contributed by atoms with Gasteiger partial charge in [-0.1, -0.05) is 63.4 Å². The fourth-order valence-corrected chi connectivity index (χ4v) is 6.26. The summed E-state index contributed by atoms with van der Waals surface area (Å²) in [6, 6.07) is 23.9. The molecule has 0 bridgehead atoms. The molecule has 40 heavy (non-hydrogen) atoms. The maximum atomic E-state index is 13.4. The van der Waals surface area contributed by atoms with Gasteiger partial charge in [0.1, 0.15) is 5.69 Å². The summed E-state index contributed by atoms with van der Waals surface area (Å²) in [5.74, 6) is -0.697. The highest BCUT2D eigenvalue weighted by Gasteiger charge is 2.21. The predicted molar refractivity (Wildman–Crippen MR) is 175 cm³/mol. The van der Waals surface area contributed by atoms with E-state index >= 15 is 0 Å². The molecule has 0 unspecified atom stereocenters. The highest BCUT2D eigenvalue weighted by molar-refractivity contribution is 14.1. The third-order valence-electron chi connectivity index (χ3n) is 5.99. The van der Waals surface area contributed by atoms with Crippen molar-refractivity contribution in [2.45, 2.75) is 6.92 Å². The summed E-state index contributed by atoms with van der Waals surface area (Å²) in [5.41, 5.74) is 6.97. The highest BCUT2D eigenvalue weighted by atomic mass is 127. The number of hydrogen-bond donors (Lipinski definition) is 2. The molecule has 0 spiro atoms. The third kappa shape index (κ3) is 6.17. The van der Waals surface area contributed by atoms with Gasteiger partial charge < -0.3 is 9.72 Å². The second-order valence-electron chi connectivity index (χ2n) is 8.81. The fourth-order valence-electron chi connectivity index (χ4n) is 4.20. The van der Waals surface area contributed by atoms with Gasteiger partial charge in [-0.2, -0.15) is 5.10 Å². The van der Waals surface area contributed by atoms with E-state index < -0.39 is 11.9 Å². The number of carbonyl (C=O) groups is 2. The number of halogens is 4. The lowest BCUT2D eigenvalue weighted by Gasteiger charge is -2.11. The Morgan fingerprint density at radius 1 is 1.02 bits per heavy atom. The Hall–Kier alpha value is -2.99. The molecule has 1 aromatic heterocycles. The van der Waals surface area contributed by atoms with Crippen LogP contribution in [0.25, 0.3) is 22.0 Å². The zero-order chi connectivity index (χ0) is 28.4. The van der Waals surface area contributed by atoms with Crippen molar-refractivity contribution in [3.63, 3.8) is 0 Å². The Labute approximate surface area is 265 Å². The smallest absolute Gasteiger partial charge is 0.343 e. The largest absolute Gasteiger partial charge is 0.421 e. The standard InChI is InChI=1S/C30H19Br2ClIN3O3/c1-16-5-4-6-17(11-16)30(39)40-28-18(12-19(31)13-23(28)32)15-35-37-29(38)27-26(21-7-2-3-8-24(21)33)22-14-20(34)9-10-25(22)36-27/h2-15,36H,1H3,(H,37,38). The van der Waals surface area contributed by atoms with E-state index in [2.05, 4.69) is 70.0 Å². The van der Waals surface area contributed by atoms with E-state index in [0.717, 1.165) is 30.1 Å². The molecule has 1 amide bonds. The van der Waals surface area contributed by atoms with Gasteiger partial charge in [-0.25, -0.2) is 10.2 Å². The first-order chi connectivity index (χ1) is 19.2. The molecule has 5 rings (SSSR count). The number of aromatic nitrogens is 1. The molecule has 5 aromatic rings. The Kier molecular flexibility index (Phi) is 8.74. The first-order valence-electron chi connectivity index (χ1n) is 11.9. The molecule has 0 aliphatic heterocycles. The number of fused-ring (bicyclic) bond motifs is 1. The second-order valence-corrected chi connectivity index (χ2v) is 12.2. The maximum Gasteiger partial charge on any atom is 0.343 e. The number of aromatic amines is 1. The average Bonchev–Trinajstić information content (AvgIpc) is 3.29. The summed E-state index contributed by atoms with van der Waals surface area (Å²) < 4.78 is 8.02. The second kappa shape index (κ2) is 12.3. The van der Waals surface area contributed by atoms with Gasteiger partial charge in [0.15, 0.2) is 5.75 Å². The molecular formula is C30H19Br2ClIN3O3. The molecule has 4 aromatic carbocycles. The Bertz CT molecular complexity index is 1820. The van der Waals surface area contributed by atoms with E-state index in [1.165, 1.54) is 6.21 Å². The number of carbonyl (C=O) groups excluding carboxylic acids is 2. The monoisotopic (exact) mass is 789 g/mol. The summed E-state index contributed by atoms with van der Waals surface area (Å²) >= 11 is 15.7. The van der Waals surface area contributed by atoms with Gasteiger partial charge in [-0.3, -0.25) is 4.79 Å². The fraction of sp³-hybridized carbons (Fsp3) is 0.0333. The topological polar surface area (TPSA) is 83.5 Å². The van der Waals surface area contributed by atoms with Crippen LogP contribution < -0.4 is 10.2 Å². The minimum atomic E-state index is -0.512. The molecule has 10 heteroatoms. The van der Waals surface area contributed by atoms with Crippen LogP contribution in [0.15, 0.2) is 92.9 Å². The van der Waals surface area contributed by atoms with Crippen molar-refractivity contribution in [3.05, 3.63) is 119 Å². The number of ether oxygens (including phenoxy) is 1. The van der Waals surface area contributed by atoms with Crippen LogP contribution in [0.5, 0.6) is 5.75 Å². The molecule has 0 fully saturated rings. The Balaban J connectivity index is 1.46. The highest BCUT2D eigenvalue weighted by Crippen LogP contribution is 2.37. The van der Waals surface area contributed by atoms with Gasteiger partial charge in [0, 0.05) is 40.7 Å². The van der Waals surface area contributed by atoms with Gasteiger partial charge in [0.05, 0.1) is 16.3 Å². The molecule has 2 N–H and O–H groups in total. The van der Waals surface area contributed by atoms with Crippen molar-refractivity contribution < 1.29 is 14.3 Å². The predicted octanol–water partition coefficient (Wildman–Crippen LogP) is 8.91. The van der Waals surface area contributed by atoms with Crippen molar-refractivity contribution in [1.29, 1.82) is 0 Å². The number of benzene rings is 4. The number of nitrogens with one attached hydrogen (secondary N) is 2. The zero-order valence-electron chi connectivity index (χ0n) is 20.8. The SMILES string of the molecule is Cc1cccc(C(=O)Oc2c(Br)cc(Br)cc2C=NNC(=O)c2[nH]c3ccc(I)cc3c2-c2ccccc2Cl)c1. The van der Waals surface area contributed by atoms with Gasteiger partial charge in [-0.15, -0.1) is 0 Å². The quantitative estimate of drug-likeness (QED) is 0.0593. The summed E-state index contributed by atoms with van der Waals surface area (Å²) in [6.07, 6.45) is 1.42. The molecule has 0 radical (unpaired) electrons. The number of aryl methyl sites for hydroxylation is 1. The van der Waals surface area contributed by atoms with Gasteiger partial charge >= 0.3 is 5.97 Å². The molecule has 1 heterocycles. The first-order valence-corrected chi connectivity index (χ1v) is 14.9. The van der Waals surface area contributed by atoms with Crippen molar-refractivity contribution in [2.24, 2.45) is 5.10 Å². The van der Waals surface area contributed by atoms with Crippen LogP contribution in [-0.4, -0.2) is 23.1 Å². The molecule has 0 saturated carbocycles. The lowest BCUT2D eigenvalue weighted by atomic mass is 10.0. The third-order valence-corrected chi connectivity index (χ3v) is 8.03. The Morgan fingerprint density at radius 2 is 1.82 bits per heavy atom. The lowest BCUT2D eigenvalue weighted by molar-refractivity contribution is 0.0732. The summed E-state index contributed by atoms with van der Waals surface area (Å²) in [6.45, 7) is 1.90. The minimum absolute atomic E-state index is 0.268. The van der Waals surface area contributed by atoms with Crippen LogP contribution >= 0.6 is 66.1 Å². The van der Waals surface area contributed by atoms with E-state index in [-0.39, 0.29) is 5.75 Å². The molecule has 0 saturated heterocycles. The van der Waals surface area contributed by atoms with Crippen LogP contribution in [0, 0.1) is 10.5 Å². The Morgan fingerprint density at radius 3 is 2.60 bits per heavy atom. The average molecular weight is 792 g/mol. The number of esters is 1. The minimum Gasteiger partial charge on any atom is -0.421 e. The van der Waals surface area contributed by atoms with E-state index in [0.29, 0.717) is 31.9 Å². The van der Waals surface area contributed by atoms with Gasteiger partial charge in [0.2, 0.25) is 0 Å². The zero-order valence-corrected chi connectivity index (χ0v) is 26.9. The summed E-state index contributed by atoms with van der Waals surface area (Å²) in [7, 11) is 0. The van der Waals surface area contributed by atoms with Crippen molar-refractivity contribution in [2.75, 3.05) is 0 Å². The van der Waals surface area contributed by atoms with Crippen LogP contribution in [-0.2, 0) is 0 Å². The van der Waals surface area contributed by atoms with Crippen LogP contribution in [0.4, 0.5) is 0 Å². The molecule has 200 valence electrons. The number of H-pyrrole nitrogens is 1. The van der Waals surface area contributed by atoms with Crippen LogP contribution in [0.1, 0.15) is 32.0 Å². The van der Waals surface area contributed by atoms with Gasteiger partial charge in [0.25, 0.3) is 5.91 Å². The normalized spacial score (nSPS) is 11.2. The molecule has 0 aliphatic carbocycles. The van der Waals surface area contributed by atoms with Gasteiger partial charge in [-0.05, 0) is 94.0 Å². The van der Waals surface area contributed by atoms with E-state index in [1.54, 1.807) is 36.4 Å². The summed E-state index contributed by atoms with van der Waals surface area (Å²) in [5, 5.41) is 5.59. The number of hydrazone groups is 1. The van der Waals surface area contributed by atoms with Crippen molar-refractivity contribution >= 4 is 95.0 Å². The number of nitrogens with zero attached hydrogens (tertiary/aromatic N) is 1. The van der Waals surface area contributed by atoms with Crippen LogP contribution in [0.2, 0.25) is 5.02 Å². The number of rotatable bonds is 6. The van der Waals surface area contributed by atoms with E-state index in [1.807, 2.05) is 49.4 Å². The maximum absolute atomic E-state index is 13.4. The van der Waals surface area contributed by atoms with Crippen molar-refractivity contribution in [3.8, 4) is 16.9 Å². The molecule has 6 nitrogen and oxygen atoms in total. The number of hydrogen-bond acceptors (Lipinski definition) is 4. The molecule has 0 atom stereocenters. The first kappa shape index (κ1) is 28.5. The molecular weight excluding hydrogens is 773 g/mol. The summed E-state index contributed by atoms with van der Waals surface area (Å²) in [4.78, 5) is 29.5. The van der Waals surface area contributed by atoms with Crippen LogP contribution in [0.3, 0.4) is 0 Å².